The maximum Gasteiger partial charge on any atom is 0.317 e. The standard InChI is InChI=1S/C24H40N6O5/c1-23(2,3)17(28-22(35)29(6)7)21(34)30-11-13-15(24(13,4)5)16(30)20(33)27-14(18(25)31)10-12-8-9-26-19(12)32/h12-17H,8-11H2,1-7H3,(H2,25,31)(H,26,32)(H,27,33)(H,28,35)/t12-,13-,14?,15-,16-,17?/m0/s1. The van der Waals surface area contributed by atoms with Crippen molar-refractivity contribution < 1.29 is 24.0 Å². The summed E-state index contributed by atoms with van der Waals surface area (Å²) in [4.78, 5) is 66.8. The topological polar surface area (TPSA) is 154 Å². The van der Waals surface area contributed by atoms with Crippen molar-refractivity contribution in [3.05, 3.63) is 0 Å². The number of carbonyl (C=O) groups is 5. The number of amides is 6. The van der Waals surface area contributed by atoms with Crippen molar-refractivity contribution in [1.29, 1.82) is 0 Å². The molecule has 0 aromatic rings. The Morgan fingerprint density at radius 2 is 1.83 bits per heavy atom. The van der Waals surface area contributed by atoms with Crippen molar-refractivity contribution in [1.82, 2.24) is 25.8 Å². The average molecular weight is 493 g/mol. The van der Waals surface area contributed by atoms with Crippen LogP contribution in [0.2, 0.25) is 0 Å². The van der Waals surface area contributed by atoms with E-state index in [9.17, 15) is 24.0 Å². The summed E-state index contributed by atoms with van der Waals surface area (Å²) in [6.07, 6.45) is 0.692. The Morgan fingerprint density at radius 1 is 1.20 bits per heavy atom. The highest BCUT2D eigenvalue weighted by Gasteiger charge is 2.69. The molecule has 6 atom stereocenters. The molecule has 5 N–H and O–H groups in total. The first-order valence-electron chi connectivity index (χ1n) is 12.2. The van der Waals surface area contributed by atoms with Crippen molar-refractivity contribution in [3.8, 4) is 0 Å². The lowest BCUT2D eigenvalue weighted by atomic mass is 9.85. The second kappa shape index (κ2) is 9.31. The van der Waals surface area contributed by atoms with Crippen LogP contribution in [0.25, 0.3) is 0 Å². The minimum Gasteiger partial charge on any atom is -0.368 e. The van der Waals surface area contributed by atoms with E-state index in [1.54, 1.807) is 19.0 Å². The summed E-state index contributed by atoms with van der Waals surface area (Å²) in [6, 6.07) is -3.04. The molecular weight excluding hydrogens is 452 g/mol. The van der Waals surface area contributed by atoms with Crippen LogP contribution in [-0.2, 0) is 19.2 Å². The molecular formula is C24H40N6O5. The fourth-order valence-corrected chi connectivity index (χ4v) is 5.54. The first kappa shape index (κ1) is 26.7. The fourth-order valence-electron chi connectivity index (χ4n) is 5.54. The largest absolute Gasteiger partial charge is 0.368 e. The molecule has 2 unspecified atom stereocenters. The summed E-state index contributed by atoms with van der Waals surface area (Å²) in [5, 5.41) is 8.26. The van der Waals surface area contributed by atoms with Gasteiger partial charge >= 0.3 is 6.03 Å². The number of nitrogens with two attached hydrogens (primary N) is 1. The number of nitrogens with zero attached hydrogens (tertiary/aromatic N) is 2. The number of primary amides is 1. The molecule has 0 aromatic carbocycles. The molecule has 2 aliphatic heterocycles. The highest BCUT2D eigenvalue weighted by Crippen LogP contribution is 2.65. The van der Waals surface area contributed by atoms with Crippen molar-refractivity contribution in [2.75, 3.05) is 27.2 Å². The fraction of sp³-hybridized carbons (Fsp3) is 0.792. The van der Waals surface area contributed by atoms with Gasteiger partial charge in [-0.05, 0) is 35.5 Å². The van der Waals surface area contributed by atoms with Gasteiger partial charge in [0.25, 0.3) is 0 Å². The molecule has 6 amide bonds. The molecule has 3 rings (SSSR count). The van der Waals surface area contributed by atoms with Gasteiger partial charge in [-0.3, -0.25) is 19.2 Å². The van der Waals surface area contributed by atoms with E-state index in [1.807, 2.05) is 20.8 Å². The number of carbonyl (C=O) groups excluding carboxylic acids is 5. The molecule has 35 heavy (non-hydrogen) atoms. The number of hydrogen-bond acceptors (Lipinski definition) is 5. The van der Waals surface area contributed by atoms with Crippen LogP contribution in [-0.4, -0.2) is 84.8 Å². The van der Waals surface area contributed by atoms with Crippen molar-refractivity contribution >= 4 is 29.7 Å². The highest BCUT2D eigenvalue weighted by molar-refractivity contribution is 5.95. The van der Waals surface area contributed by atoms with Crippen molar-refractivity contribution in [2.24, 2.45) is 34.3 Å². The van der Waals surface area contributed by atoms with Gasteiger partial charge in [0.05, 0.1) is 0 Å². The third-order valence-electron chi connectivity index (χ3n) is 7.89. The number of urea groups is 1. The van der Waals surface area contributed by atoms with Crippen molar-refractivity contribution in [2.45, 2.75) is 65.6 Å². The van der Waals surface area contributed by atoms with Gasteiger partial charge in [0.15, 0.2) is 0 Å². The van der Waals surface area contributed by atoms with E-state index in [1.165, 1.54) is 4.90 Å². The second-order valence-electron chi connectivity index (χ2n) is 12.0. The Bertz CT molecular complexity index is 911. The van der Waals surface area contributed by atoms with Gasteiger partial charge in [0, 0.05) is 33.1 Å². The number of rotatable bonds is 7. The first-order valence-corrected chi connectivity index (χ1v) is 12.2. The molecule has 11 heteroatoms. The molecule has 2 saturated heterocycles. The predicted molar refractivity (Wildman–Crippen MR) is 129 cm³/mol. The lowest BCUT2D eigenvalue weighted by Crippen LogP contribution is -2.61. The predicted octanol–water partition coefficient (Wildman–Crippen LogP) is -0.348. The molecule has 0 bridgehead atoms. The molecule has 0 radical (unpaired) electrons. The minimum atomic E-state index is -1.01. The third kappa shape index (κ3) is 5.23. The number of nitrogens with one attached hydrogen (secondary N) is 3. The van der Waals surface area contributed by atoms with Crippen LogP contribution in [0.3, 0.4) is 0 Å². The van der Waals surface area contributed by atoms with E-state index in [0.29, 0.717) is 19.5 Å². The Labute approximate surface area is 206 Å². The zero-order valence-corrected chi connectivity index (χ0v) is 21.8. The van der Waals surface area contributed by atoms with Gasteiger partial charge in [-0.1, -0.05) is 34.6 Å². The van der Waals surface area contributed by atoms with Gasteiger partial charge in [-0.2, -0.15) is 0 Å². The number of fused-ring (bicyclic) bond motifs is 1. The lowest BCUT2D eigenvalue weighted by molar-refractivity contribution is -0.144. The zero-order valence-electron chi connectivity index (χ0n) is 21.8. The van der Waals surface area contributed by atoms with Crippen LogP contribution in [0.5, 0.6) is 0 Å². The zero-order chi connectivity index (χ0) is 26.5. The molecule has 1 aliphatic carbocycles. The summed E-state index contributed by atoms with van der Waals surface area (Å²) >= 11 is 0. The molecule has 11 nitrogen and oxygen atoms in total. The number of likely N-dealkylation sites (tertiary alicyclic amines) is 1. The second-order valence-corrected chi connectivity index (χ2v) is 12.0. The smallest absolute Gasteiger partial charge is 0.317 e. The quantitative estimate of drug-likeness (QED) is 0.383. The van der Waals surface area contributed by atoms with Crippen molar-refractivity contribution in [3.63, 3.8) is 0 Å². The number of piperidine rings is 1. The molecule has 0 spiro atoms. The molecule has 3 fully saturated rings. The summed E-state index contributed by atoms with van der Waals surface area (Å²) < 4.78 is 0. The summed E-state index contributed by atoms with van der Waals surface area (Å²) in [7, 11) is 3.19. The SMILES string of the molecule is CN(C)C(=O)NC(C(=O)N1C[C@H]2[C@@H]([C@H]1C(=O)NC(C[C@@H]1CCNC1=O)C(N)=O)C2(C)C)C(C)(C)C. The van der Waals surface area contributed by atoms with Gasteiger partial charge in [-0.15, -0.1) is 0 Å². The Balaban J connectivity index is 1.82. The monoisotopic (exact) mass is 492 g/mol. The van der Waals surface area contributed by atoms with Gasteiger partial charge in [-0.25, -0.2) is 4.79 Å². The van der Waals surface area contributed by atoms with Gasteiger partial charge < -0.3 is 31.5 Å². The van der Waals surface area contributed by atoms with E-state index in [4.69, 9.17) is 5.73 Å². The maximum absolute atomic E-state index is 13.8. The van der Waals surface area contributed by atoms with Gasteiger partial charge in [0.2, 0.25) is 23.6 Å². The summed E-state index contributed by atoms with van der Waals surface area (Å²) in [6.45, 7) is 10.6. The van der Waals surface area contributed by atoms with Crippen LogP contribution in [0.15, 0.2) is 0 Å². The molecule has 196 valence electrons. The van der Waals surface area contributed by atoms with E-state index in [2.05, 4.69) is 29.8 Å². The Kier molecular flexibility index (Phi) is 7.12. The molecule has 0 aromatic heterocycles. The van der Waals surface area contributed by atoms with E-state index >= 15 is 0 Å². The van der Waals surface area contributed by atoms with Crippen LogP contribution in [0, 0.1) is 28.6 Å². The van der Waals surface area contributed by atoms with E-state index < -0.39 is 47.3 Å². The minimum absolute atomic E-state index is 0.0695. The first-order chi connectivity index (χ1) is 16.1. The molecule has 2 heterocycles. The Hall–Kier alpha value is -2.85. The van der Waals surface area contributed by atoms with E-state index in [0.717, 1.165) is 0 Å². The van der Waals surface area contributed by atoms with Crippen LogP contribution < -0.4 is 21.7 Å². The number of hydrogen-bond donors (Lipinski definition) is 4. The molecule has 1 saturated carbocycles. The van der Waals surface area contributed by atoms with Crippen LogP contribution >= 0.6 is 0 Å². The maximum atomic E-state index is 13.8. The normalized spacial score (nSPS) is 28.4. The summed E-state index contributed by atoms with van der Waals surface area (Å²) in [5.74, 6) is -1.99. The Morgan fingerprint density at radius 3 is 2.31 bits per heavy atom. The highest BCUT2D eigenvalue weighted by atomic mass is 16.2. The van der Waals surface area contributed by atoms with Gasteiger partial charge in [0.1, 0.15) is 18.1 Å². The van der Waals surface area contributed by atoms with Crippen LogP contribution in [0.1, 0.15) is 47.5 Å². The molecule has 3 aliphatic rings. The average Bonchev–Trinajstić information content (AvgIpc) is 3.10. The lowest BCUT2D eigenvalue weighted by Gasteiger charge is -2.38. The van der Waals surface area contributed by atoms with E-state index in [-0.39, 0.29) is 35.5 Å². The third-order valence-corrected chi connectivity index (χ3v) is 7.89. The van der Waals surface area contributed by atoms with Crippen LogP contribution in [0.4, 0.5) is 4.79 Å². The summed E-state index contributed by atoms with van der Waals surface area (Å²) in [5.41, 5.74) is 4.84.